The molecule has 0 fully saturated rings. The van der Waals surface area contributed by atoms with Gasteiger partial charge in [0.1, 0.15) is 23.1 Å². The monoisotopic (exact) mass is 788 g/mol. The molecule has 11 heteroatoms. The van der Waals surface area contributed by atoms with Crippen LogP contribution in [0.15, 0.2) is 72.8 Å². The number of rotatable bonds is 12. The molecular weight excluding hydrogens is 749 g/mol. The number of ether oxygens (including phenoxy) is 8. The molecule has 4 rings (SSSR count). The number of halogens is 3. The second kappa shape index (κ2) is 22.8. The van der Waals surface area contributed by atoms with Crippen molar-refractivity contribution in [1.82, 2.24) is 0 Å². The minimum atomic E-state index is -0.394. The predicted molar refractivity (Wildman–Crippen MR) is 193 cm³/mol. The summed E-state index contributed by atoms with van der Waals surface area (Å²) in [7, 11) is 6.21. The summed E-state index contributed by atoms with van der Waals surface area (Å²) in [5, 5.41) is 0. The molecule has 0 saturated carbocycles. The molecule has 49 heavy (non-hydrogen) atoms. The summed E-state index contributed by atoms with van der Waals surface area (Å²) in [6.45, 7) is 5.12. The largest absolute Gasteiger partial charge is 0.493 e. The van der Waals surface area contributed by atoms with Gasteiger partial charge in [0.25, 0.3) is 0 Å². The van der Waals surface area contributed by atoms with Crippen LogP contribution in [0.2, 0.25) is 0 Å². The van der Waals surface area contributed by atoms with Crippen molar-refractivity contribution in [3.8, 4) is 58.7 Å². The minimum absolute atomic E-state index is 0.0230. The Bertz CT molecular complexity index is 1710. The SMILES string of the molecule is C#Cc1ccc(F)cc1OCOC.CCOc1cc(C#Cc2ccc(F)cc2OCOC)ccc1OC.CCOc1cc(I)ccc1OC. The van der Waals surface area contributed by atoms with Crippen molar-refractivity contribution in [2.45, 2.75) is 13.8 Å². The molecule has 0 aliphatic carbocycles. The van der Waals surface area contributed by atoms with Gasteiger partial charge in [-0.25, -0.2) is 8.78 Å². The summed E-state index contributed by atoms with van der Waals surface area (Å²) in [5.41, 5.74) is 1.84. The summed E-state index contributed by atoms with van der Waals surface area (Å²) < 4.78 is 68.4. The van der Waals surface area contributed by atoms with Crippen molar-refractivity contribution in [3.63, 3.8) is 0 Å². The lowest BCUT2D eigenvalue weighted by atomic mass is 10.1. The molecule has 8 nitrogen and oxygen atoms in total. The first-order valence-electron chi connectivity index (χ1n) is 14.8. The summed E-state index contributed by atoms with van der Waals surface area (Å²) in [6, 6.07) is 19.5. The van der Waals surface area contributed by atoms with Crippen LogP contribution in [0.4, 0.5) is 8.78 Å². The van der Waals surface area contributed by atoms with Crippen LogP contribution in [-0.4, -0.2) is 55.2 Å². The molecule has 0 aliphatic heterocycles. The van der Waals surface area contributed by atoms with Crippen molar-refractivity contribution < 1.29 is 46.7 Å². The summed E-state index contributed by atoms with van der Waals surface area (Å²) in [5.74, 6) is 11.1. The van der Waals surface area contributed by atoms with E-state index in [-0.39, 0.29) is 19.4 Å². The van der Waals surface area contributed by atoms with E-state index in [0.717, 1.165) is 20.6 Å². The highest BCUT2D eigenvalue weighted by molar-refractivity contribution is 14.1. The van der Waals surface area contributed by atoms with Crippen LogP contribution in [0.5, 0.6) is 34.5 Å². The second-order valence-corrected chi connectivity index (χ2v) is 10.5. The van der Waals surface area contributed by atoms with E-state index in [0.29, 0.717) is 47.3 Å². The van der Waals surface area contributed by atoms with E-state index in [4.69, 9.17) is 39.6 Å². The van der Waals surface area contributed by atoms with Crippen molar-refractivity contribution in [1.29, 1.82) is 0 Å². The summed E-state index contributed by atoms with van der Waals surface area (Å²) >= 11 is 2.24. The minimum Gasteiger partial charge on any atom is -0.493 e. The fourth-order valence-electron chi connectivity index (χ4n) is 3.78. The molecule has 0 radical (unpaired) electrons. The van der Waals surface area contributed by atoms with Crippen LogP contribution >= 0.6 is 22.6 Å². The fraction of sp³-hybridized carbons (Fsp3) is 0.263. The standard InChI is InChI=1S/C19H19FO4.C10H9FO2.C9H11IO2/c1-4-23-19-11-14(6-10-17(19)22-3)5-7-15-8-9-16(20)12-18(15)24-13-21-2;1-3-8-4-5-9(11)6-10(8)13-7-12-2;1-3-12-9-6-7(10)4-5-8(9)11-2/h6,8-12H,4,13H2,1-3H3;1,4-6H,7H2,2H3;4-6H,3H2,1-2H3. The average molecular weight is 789 g/mol. The van der Waals surface area contributed by atoms with Gasteiger partial charge in [0, 0.05) is 35.5 Å². The van der Waals surface area contributed by atoms with Gasteiger partial charge in [0.05, 0.1) is 38.6 Å². The molecule has 4 aromatic rings. The zero-order chi connectivity index (χ0) is 36.0. The molecule has 260 valence electrons. The van der Waals surface area contributed by atoms with Crippen LogP contribution in [-0.2, 0) is 9.47 Å². The first kappa shape index (κ1) is 40.5. The smallest absolute Gasteiger partial charge is 0.188 e. The number of hydrogen-bond donors (Lipinski definition) is 0. The van der Waals surface area contributed by atoms with E-state index in [1.165, 1.54) is 44.6 Å². The molecule has 0 atom stereocenters. The van der Waals surface area contributed by atoms with Crippen LogP contribution in [0, 0.1) is 39.4 Å². The molecule has 0 saturated heterocycles. The van der Waals surface area contributed by atoms with Gasteiger partial charge in [-0.3, -0.25) is 0 Å². The number of methoxy groups -OCH3 is 4. The van der Waals surface area contributed by atoms with Crippen LogP contribution < -0.4 is 28.4 Å². The molecule has 0 N–H and O–H groups in total. The van der Waals surface area contributed by atoms with Gasteiger partial charge in [-0.2, -0.15) is 0 Å². The van der Waals surface area contributed by atoms with Crippen molar-refractivity contribution in [3.05, 3.63) is 105 Å². The quantitative estimate of drug-likeness (QED) is 0.0811. The Labute approximate surface area is 300 Å². The van der Waals surface area contributed by atoms with E-state index in [9.17, 15) is 8.78 Å². The van der Waals surface area contributed by atoms with Crippen molar-refractivity contribution in [2.24, 2.45) is 0 Å². The first-order valence-corrected chi connectivity index (χ1v) is 15.9. The highest BCUT2D eigenvalue weighted by Crippen LogP contribution is 2.29. The Hall–Kier alpha value is -4.69. The molecular formula is C38H39F2IO8. The number of hydrogen-bond acceptors (Lipinski definition) is 8. The van der Waals surface area contributed by atoms with Gasteiger partial charge in [-0.1, -0.05) is 17.8 Å². The summed E-state index contributed by atoms with van der Waals surface area (Å²) in [6.07, 6.45) is 5.18. The van der Waals surface area contributed by atoms with Crippen LogP contribution in [0.1, 0.15) is 30.5 Å². The lowest BCUT2D eigenvalue weighted by molar-refractivity contribution is 0.0505. The maximum absolute atomic E-state index is 13.4. The molecule has 0 unspecified atom stereocenters. The number of benzene rings is 4. The molecule has 0 aliphatic rings. The van der Waals surface area contributed by atoms with Gasteiger partial charge in [-0.05, 0) is 97.1 Å². The summed E-state index contributed by atoms with van der Waals surface area (Å²) in [4.78, 5) is 0. The fourth-order valence-corrected chi connectivity index (χ4v) is 4.24. The van der Waals surface area contributed by atoms with Gasteiger partial charge in [-0.15, -0.1) is 6.42 Å². The average Bonchev–Trinajstić information content (AvgIpc) is 3.10. The Kier molecular flexibility index (Phi) is 18.8. The lowest BCUT2D eigenvalue weighted by Gasteiger charge is -2.09. The highest BCUT2D eigenvalue weighted by atomic mass is 127. The van der Waals surface area contributed by atoms with Crippen LogP contribution in [0.3, 0.4) is 0 Å². The van der Waals surface area contributed by atoms with E-state index < -0.39 is 5.82 Å². The molecule has 4 aromatic carbocycles. The molecule has 0 heterocycles. The molecule has 0 aromatic heterocycles. The Balaban J connectivity index is 0.000000281. The maximum Gasteiger partial charge on any atom is 0.188 e. The highest BCUT2D eigenvalue weighted by Gasteiger charge is 2.07. The first-order chi connectivity index (χ1) is 23.7. The van der Waals surface area contributed by atoms with E-state index in [2.05, 4.69) is 45.1 Å². The second-order valence-electron chi connectivity index (χ2n) is 9.30. The third-order valence-electron chi connectivity index (χ3n) is 5.94. The normalized spacial score (nSPS) is 9.63. The topological polar surface area (TPSA) is 73.8 Å². The third kappa shape index (κ3) is 14.1. The number of terminal acetylenes is 1. The van der Waals surface area contributed by atoms with E-state index in [1.807, 2.05) is 38.1 Å². The van der Waals surface area contributed by atoms with Gasteiger partial charge < -0.3 is 37.9 Å². The molecule has 0 spiro atoms. The molecule has 0 amide bonds. The van der Waals surface area contributed by atoms with Crippen molar-refractivity contribution in [2.75, 3.05) is 55.2 Å². The Morgan fingerprint density at radius 1 is 0.571 bits per heavy atom. The lowest BCUT2D eigenvalue weighted by Crippen LogP contribution is -2.01. The Morgan fingerprint density at radius 2 is 1.08 bits per heavy atom. The van der Waals surface area contributed by atoms with E-state index in [1.54, 1.807) is 32.4 Å². The zero-order valence-electron chi connectivity index (χ0n) is 28.2. The van der Waals surface area contributed by atoms with Crippen LogP contribution in [0.25, 0.3) is 0 Å². The Morgan fingerprint density at radius 3 is 1.59 bits per heavy atom. The van der Waals surface area contributed by atoms with Gasteiger partial charge in [0.2, 0.25) is 0 Å². The van der Waals surface area contributed by atoms with E-state index >= 15 is 0 Å². The zero-order valence-corrected chi connectivity index (χ0v) is 30.4. The molecule has 0 bridgehead atoms. The van der Waals surface area contributed by atoms with Gasteiger partial charge >= 0.3 is 0 Å². The maximum atomic E-state index is 13.4. The predicted octanol–water partition coefficient (Wildman–Crippen LogP) is 8.10. The third-order valence-corrected chi connectivity index (χ3v) is 6.61. The van der Waals surface area contributed by atoms with Crippen molar-refractivity contribution >= 4 is 22.6 Å². The van der Waals surface area contributed by atoms with Gasteiger partial charge in [0.15, 0.2) is 36.6 Å².